The van der Waals surface area contributed by atoms with Gasteiger partial charge in [-0.2, -0.15) is 0 Å². The number of Topliss-reactive ketones (excluding diaryl/α,β-unsaturated/α-hetero) is 1. The van der Waals surface area contributed by atoms with E-state index in [4.69, 9.17) is 0 Å². The van der Waals surface area contributed by atoms with Crippen molar-refractivity contribution in [2.75, 3.05) is 13.1 Å². The number of unbranched alkanes of at least 4 members (excludes halogenated alkanes) is 7. The molecule has 0 saturated carbocycles. The Morgan fingerprint density at radius 1 is 0.941 bits per heavy atom. The second-order valence-electron chi connectivity index (χ2n) is 5.01. The highest BCUT2D eigenvalue weighted by atomic mass is 16.2. The predicted octanol–water partition coefficient (Wildman–Crippen LogP) is 2.93. The Bertz CT molecular complexity index is 251. The molecule has 1 amide bonds. The second kappa shape index (κ2) is 8.26. The van der Waals surface area contributed by atoms with Gasteiger partial charge < -0.3 is 4.90 Å². The van der Waals surface area contributed by atoms with Crippen LogP contribution in [0.15, 0.2) is 0 Å². The van der Waals surface area contributed by atoms with Crippen LogP contribution in [0.2, 0.25) is 0 Å². The van der Waals surface area contributed by atoms with Crippen molar-refractivity contribution < 1.29 is 9.59 Å². The molecule has 1 fully saturated rings. The van der Waals surface area contributed by atoms with Gasteiger partial charge in [0.25, 0.3) is 0 Å². The quantitative estimate of drug-likeness (QED) is 0.458. The van der Waals surface area contributed by atoms with Crippen molar-refractivity contribution in [3.63, 3.8) is 0 Å². The van der Waals surface area contributed by atoms with Crippen LogP contribution in [-0.4, -0.2) is 29.7 Å². The van der Waals surface area contributed by atoms with E-state index in [-0.39, 0.29) is 18.1 Å². The monoisotopic (exact) mass is 239 g/mol. The van der Waals surface area contributed by atoms with Crippen molar-refractivity contribution in [1.82, 2.24) is 4.90 Å². The molecule has 0 spiro atoms. The molecule has 0 aromatic carbocycles. The molecule has 98 valence electrons. The summed E-state index contributed by atoms with van der Waals surface area (Å²) in [6.45, 7) is 3.36. The number of hydrogen-bond donors (Lipinski definition) is 0. The fraction of sp³-hybridized carbons (Fsp3) is 0.857. The number of ketones is 1. The predicted molar refractivity (Wildman–Crippen MR) is 68.8 cm³/mol. The molecule has 0 aromatic rings. The Kier molecular flexibility index (Phi) is 6.90. The zero-order chi connectivity index (χ0) is 12.5. The van der Waals surface area contributed by atoms with Gasteiger partial charge >= 0.3 is 0 Å². The van der Waals surface area contributed by atoms with Gasteiger partial charge in [-0.3, -0.25) is 9.59 Å². The Balaban J connectivity index is 1.91. The molecule has 1 rings (SSSR count). The third-order valence-electron chi connectivity index (χ3n) is 3.35. The molecular weight excluding hydrogens is 214 g/mol. The van der Waals surface area contributed by atoms with E-state index in [0.29, 0.717) is 6.54 Å². The molecule has 0 aliphatic carbocycles. The van der Waals surface area contributed by atoms with Gasteiger partial charge in [0.15, 0.2) is 5.78 Å². The summed E-state index contributed by atoms with van der Waals surface area (Å²) in [5.41, 5.74) is 0. The summed E-state index contributed by atoms with van der Waals surface area (Å²) in [5, 5.41) is 0. The summed E-state index contributed by atoms with van der Waals surface area (Å²) in [7, 11) is 0. The summed E-state index contributed by atoms with van der Waals surface area (Å²) in [6, 6.07) is 0. The molecule has 1 heterocycles. The molecule has 0 bridgehead atoms. The standard InChI is InChI=1S/C14H25NO2/c1-2-3-4-5-6-7-8-9-10-15-12-13(16)11-14(15)17/h2-12H2,1H3. The van der Waals surface area contributed by atoms with Crippen LogP contribution in [0.5, 0.6) is 0 Å². The SMILES string of the molecule is CCCCCCCCCCN1CC(=O)CC1=O. The van der Waals surface area contributed by atoms with Gasteiger partial charge in [0.1, 0.15) is 0 Å². The average Bonchev–Trinajstić information content (AvgIpc) is 2.61. The zero-order valence-corrected chi connectivity index (χ0v) is 11.0. The highest BCUT2D eigenvalue weighted by molar-refractivity contribution is 6.05. The van der Waals surface area contributed by atoms with E-state index >= 15 is 0 Å². The summed E-state index contributed by atoms with van der Waals surface area (Å²) in [4.78, 5) is 24.1. The topological polar surface area (TPSA) is 37.4 Å². The first kappa shape index (κ1) is 14.2. The molecule has 0 unspecified atom stereocenters. The van der Waals surface area contributed by atoms with Crippen molar-refractivity contribution in [3.05, 3.63) is 0 Å². The zero-order valence-electron chi connectivity index (χ0n) is 11.0. The number of rotatable bonds is 9. The smallest absolute Gasteiger partial charge is 0.230 e. The molecule has 0 radical (unpaired) electrons. The Labute approximate surface area is 105 Å². The van der Waals surface area contributed by atoms with Gasteiger partial charge in [-0.25, -0.2) is 0 Å². The fourth-order valence-corrected chi connectivity index (χ4v) is 2.28. The van der Waals surface area contributed by atoms with Gasteiger partial charge in [-0.05, 0) is 6.42 Å². The van der Waals surface area contributed by atoms with E-state index < -0.39 is 0 Å². The van der Waals surface area contributed by atoms with Crippen LogP contribution in [0.1, 0.15) is 64.7 Å². The van der Waals surface area contributed by atoms with E-state index in [1.807, 2.05) is 0 Å². The first-order valence-corrected chi connectivity index (χ1v) is 7.03. The van der Waals surface area contributed by atoms with Crippen LogP contribution in [0.25, 0.3) is 0 Å². The van der Waals surface area contributed by atoms with Crippen LogP contribution in [0, 0.1) is 0 Å². The maximum atomic E-state index is 11.3. The van der Waals surface area contributed by atoms with E-state index in [1.165, 1.54) is 44.9 Å². The molecule has 17 heavy (non-hydrogen) atoms. The minimum absolute atomic E-state index is 0.0259. The average molecular weight is 239 g/mol. The van der Waals surface area contributed by atoms with Crippen LogP contribution in [0.3, 0.4) is 0 Å². The van der Waals surface area contributed by atoms with Gasteiger partial charge in [0.05, 0.1) is 13.0 Å². The van der Waals surface area contributed by atoms with E-state index in [0.717, 1.165) is 13.0 Å². The highest BCUT2D eigenvalue weighted by Crippen LogP contribution is 2.11. The summed E-state index contributed by atoms with van der Waals surface area (Å²) >= 11 is 0. The molecule has 0 aromatic heterocycles. The van der Waals surface area contributed by atoms with Crippen LogP contribution in [0.4, 0.5) is 0 Å². The highest BCUT2D eigenvalue weighted by Gasteiger charge is 2.26. The lowest BCUT2D eigenvalue weighted by Crippen LogP contribution is -2.26. The molecule has 1 saturated heterocycles. The van der Waals surface area contributed by atoms with Crippen LogP contribution < -0.4 is 0 Å². The minimum Gasteiger partial charge on any atom is -0.335 e. The van der Waals surface area contributed by atoms with Crippen molar-refractivity contribution >= 4 is 11.7 Å². The van der Waals surface area contributed by atoms with Crippen molar-refractivity contribution in [1.29, 1.82) is 0 Å². The lowest BCUT2D eigenvalue weighted by Gasteiger charge is -2.13. The lowest BCUT2D eigenvalue weighted by molar-refractivity contribution is -0.127. The minimum atomic E-state index is 0.0259. The molecule has 0 N–H and O–H groups in total. The summed E-state index contributed by atoms with van der Waals surface area (Å²) in [5.74, 6) is 0.104. The second-order valence-corrected chi connectivity index (χ2v) is 5.01. The number of carbonyl (C=O) groups excluding carboxylic acids is 2. The van der Waals surface area contributed by atoms with Gasteiger partial charge in [0.2, 0.25) is 5.91 Å². The van der Waals surface area contributed by atoms with Crippen LogP contribution in [-0.2, 0) is 9.59 Å². The molecule has 1 aliphatic heterocycles. The first-order chi connectivity index (χ1) is 8.24. The molecule has 3 heteroatoms. The number of carbonyl (C=O) groups is 2. The summed E-state index contributed by atoms with van der Waals surface area (Å²) in [6.07, 6.45) is 10.3. The normalized spacial score (nSPS) is 15.9. The largest absolute Gasteiger partial charge is 0.335 e. The number of nitrogens with zero attached hydrogens (tertiary/aromatic N) is 1. The maximum Gasteiger partial charge on any atom is 0.230 e. The number of amides is 1. The number of likely N-dealkylation sites (tertiary alicyclic amines) is 1. The third-order valence-corrected chi connectivity index (χ3v) is 3.35. The van der Waals surface area contributed by atoms with Crippen molar-refractivity contribution in [3.8, 4) is 0 Å². The third kappa shape index (κ3) is 5.85. The van der Waals surface area contributed by atoms with E-state index in [9.17, 15) is 9.59 Å². The van der Waals surface area contributed by atoms with Gasteiger partial charge in [-0.1, -0.05) is 51.9 Å². The fourth-order valence-electron chi connectivity index (χ4n) is 2.28. The molecule has 3 nitrogen and oxygen atoms in total. The van der Waals surface area contributed by atoms with Crippen molar-refractivity contribution in [2.45, 2.75) is 64.7 Å². The first-order valence-electron chi connectivity index (χ1n) is 7.03. The van der Waals surface area contributed by atoms with Gasteiger partial charge in [0, 0.05) is 6.54 Å². The lowest BCUT2D eigenvalue weighted by atomic mass is 10.1. The molecular formula is C14H25NO2. The van der Waals surface area contributed by atoms with Crippen LogP contribution >= 0.6 is 0 Å². The maximum absolute atomic E-state index is 11.3. The Morgan fingerprint density at radius 3 is 2.06 bits per heavy atom. The van der Waals surface area contributed by atoms with Gasteiger partial charge in [-0.15, -0.1) is 0 Å². The Hall–Kier alpha value is -0.860. The Morgan fingerprint density at radius 2 is 1.53 bits per heavy atom. The summed E-state index contributed by atoms with van der Waals surface area (Å²) < 4.78 is 0. The number of hydrogen-bond acceptors (Lipinski definition) is 2. The molecule has 0 atom stereocenters. The van der Waals surface area contributed by atoms with E-state index in [1.54, 1.807) is 4.90 Å². The molecule has 1 aliphatic rings. The van der Waals surface area contributed by atoms with E-state index in [2.05, 4.69) is 6.92 Å². The van der Waals surface area contributed by atoms with Crippen molar-refractivity contribution in [2.24, 2.45) is 0 Å².